The molecule has 1 aromatic rings. The van der Waals surface area contributed by atoms with Gasteiger partial charge in [0.2, 0.25) is 0 Å². The van der Waals surface area contributed by atoms with Crippen LogP contribution in [-0.4, -0.2) is 6.66 Å². The van der Waals surface area contributed by atoms with Crippen molar-refractivity contribution < 1.29 is 23.1 Å². The van der Waals surface area contributed by atoms with E-state index < -0.39 is 0 Å². The first-order valence-electron chi connectivity index (χ1n) is 10.6. The average molecular weight is 445 g/mol. The second kappa shape index (κ2) is 11.3. The van der Waals surface area contributed by atoms with Gasteiger partial charge in [-0.1, -0.05) is 45.6 Å². The Labute approximate surface area is 189 Å². The Balaban J connectivity index is 0.000000296. The molecule has 29 heavy (non-hydrogen) atoms. The predicted octanol–water partition coefficient (Wildman–Crippen LogP) is 7.80. The first kappa shape index (κ1) is 25.9. The van der Waals surface area contributed by atoms with Crippen LogP contribution in [0.4, 0.5) is 0 Å². The zero-order valence-corrected chi connectivity index (χ0v) is 22.7. The summed E-state index contributed by atoms with van der Waals surface area (Å²) in [6, 6.07) is 8.00. The van der Waals surface area contributed by atoms with Crippen molar-refractivity contribution in [2.75, 3.05) is 0 Å². The molecule has 0 fully saturated rings. The molecule has 1 aliphatic rings. The molecule has 0 aliphatic heterocycles. The molecule has 0 saturated heterocycles. The van der Waals surface area contributed by atoms with Gasteiger partial charge in [0.25, 0.3) is 0 Å². The number of allylic oxidation sites excluding steroid dienone is 6. The van der Waals surface area contributed by atoms with Gasteiger partial charge in [-0.2, -0.15) is 0 Å². The number of benzene rings is 1. The van der Waals surface area contributed by atoms with Crippen molar-refractivity contribution >= 4 is 6.66 Å². The third kappa shape index (κ3) is 9.98. The van der Waals surface area contributed by atoms with E-state index in [-0.39, 0.29) is 12.1 Å². The molecular weight excluding hydrogens is 404 g/mol. The molecule has 0 bridgehead atoms. The van der Waals surface area contributed by atoms with Crippen molar-refractivity contribution in [2.24, 2.45) is 10.8 Å². The molecule has 0 spiro atoms. The monoisotopic (exact) mass is 444 g/mol. The topological polar surface area (TPSA) is 9.23 Å². The molecule has 0 heterocycles. The van der Waals surface area contributed by atoms with Gasteiger partial charge in [-0.3, -0.25) is 0 Å². The third-order valence-corrected chi connectivity index (χ3v) is 10.5. The maximum atomic E-state index is 5.63. The molecular formula is C26H40OSiTi. The SMILES string of the molecule is C=CC(=COc1cccc(C)c1)C(C)(C)C.C[SiH](C)[Ti][C]1=CC(C(C)(C)C)=CC1. The Bertz CT molecular complexity index is 771. The zero-order valence-electron chi connectivity index (χ0n) is 20.0. The van der Waals surface area contributed by atoms with Crippen LogP contribution < -0.4 is 4.74 Å². The first-order chi connectivity index (χ1) is 13.3. The number of rotatable bonds is 5. The minimum absolute atomic E-state index is 0.0611. The molecule has 158 valence electrons. The van der Waals surface area contributed by atoms with Crippen molar-refractivity contribution in [3.8, 4) is 5.75 Å². The third-order valence-electron chi connectivity index (χ3n) is 4.61. The Morgan fingerprint density at radius 3 is 2.24 bits per heavy atom. The fourth-order valence-corrected chi connectivity index (χ4v) is 8.63. The standard InChI is InChI=1S/C15H20O.C9H13.C2H7Si.Ti/c1-6-13(15(3,4)5)11-16-14-9-7-8-12(2)10-14;1-9(2,3)8-6-4-5-7-8;1-3-2;/h6-11H,1H2,2-5H3;6-7H,4H2,1-3H3;3H,1-2H3;. The van der Waals surface area contributed by atoms with Crippen LogP contribution in [0.25, 0.3) is 0 Å². The summed E-state index contributed by atoms with van der Waals surface area (Å²) in [6.45, 7) is 23.9. The number of hydrogen-bond acceptors (Lipinski definition) is 1. The number of ether oxygens (including phenoxy) is 1. The molecule has 1 aliphatic carbocycles. The summed E-state index contributed by atoms with van der Waals surface area (Å²) in [7, 11) is 0. The second-order valence-corrected chi connectivity index (χ2v) is 20.4. The van der Waals surface area contributed by atoms with Crippen LogP contribution in [0.15, 0.2) is 70.4 Å². The van der Waals surface area contributed by atoms with Crippen molar-refractivity contribution in [2.45, 2.75) is 68.0 Å². The molecule has 0 amide bonds. The van der Waals surface area contributed by atoms with Gasteiger partial charge < -0.3 is 4.74 Å². The van der Waals surface area contributed by atoms with Gasteiger partial charge in [-0.25, -0.2) is 0 Å². The summed E-state index contributed by atoms with van der Waals surface area (Å²) in [4.78, 5) is 0. The van der Waals surface area contributed by atoms with Gasteiger partial charge in [0.15, 0.2) is 0 Å². The predicted molar refractivity (Wildman–Crippen MR) is 129 cm³/mol. The van der Waals surface area contributed by atoms with E-state index in [2.05, 4.69) is 86.4 Å². The quantitative estimate of drug-likeness (QED) is 0.256. The Morgan fingerprint density at radius 1 is 1.14 bits per heavy atom. The second-order valence-electron chi connectivity index (χ2n) is 10.0. The molecule has 0 saturated carbocycles. The Hall–Kier alpha value is -1.09. The van der Waals surface area contributed by atoms with E-state index in [1.807, 2.05) is 24.3 Å². The molecule has 1 nitrogen and oxygen atoms in total. The van der Waals surface area contributed by atoms with Crippen LogP contribution in [-0.2, 0) is 18.4 Å². The molecule has 0 aromatic heterocycles. The fourth-order valence-electron chi connectivity index (χ4n) is 2.87. The summed E-state index contributed by atoms with van der Waals surface area (Å²) in [6.07, 6.45) is 9.83. The number of hydrogen-bond donors (Lipinski definition) is 0. The minimum atomic E-state index is -0.282. The van der Waals surface area contributed by atoms with Gasteiger partial charge >= 0.3 is 92.4 Å². The van der Waals surface area contributed by atoms with Gasteiger partial charge in [-0.15, -0.1) is 0 Å². The van der Waals surface area contributed by atoms with Crippen molar-refractivity contribution in [1.29, 1.82) is 0 Å². The Kier molecular flexibility index (Phi) is 10.1. The molecule has 0 unspecified atom stereocenters. The zero-order chi connectivity index (χ0) is 22.2. The van der Waals surface area contributed by atoms with Gasteiger partial charge in [0, 0.05) is 0 Å². The fraction of sp³-hybridized carbons (Fsp3) is 0.462. The molecule has 0 N–H and O–H groups in total. The van der Waals surface area contributed by atoms with Crippen LogP contribution in [0, 0.1) is 17.8 Å². The van der Waals surface area contributed by atoms with E-state index in [0.717, 1.165) is 11.3 Å². The van der Waals surface area contributed by atoms with Gasteiger partial charge in [0.1, 0.15) is 5.75 Å². The van der Waals surface area contributed by atoms with Crippen molar-refractivity contribution in [1.82, 2.24) is 0 Å². The number of aryl methyl sites for hydroxylation is 1. The summed E-state index contributed by atoms with van der Waals surface area (Å²) < 4.78 is 7.43. The molecule has 0 radical (unpaired) electrons. The van der Waals surface area contributed by atoms with Gasteiger partial charge in [-0.05, 0) is 35.6 Å². The normalized spacial score (nSPS) is 14.6. The van der Waals surface area contributed by atoms with Crippen LogP contribution in [0.1, 0.15) is 53.5 Å². The van der Waals surface area contributed by atoms with E-state index in [1.165, 1.54) is 12.0 Å². The van der Waals surface area contributed by atoms with E-state index in [1.54, 1.807) is 15.7 Å². The molecule has 0 atom stereocenters. The molecule has 1 aromatic carbocycles. The van der Waals surface area contributed by atoms with E-state index >= 15 is 0 Å². The Morgan fingerprint density at radius 2 is 1.79 bits per heavy atom. The van der Waals surface area contributed by atoms with Crippen molar-refractivity contribution in [3.63, 3.8) is 0 Å². The van der Waals surface area contributed by atoms with Crippen LogP contribution in [0.5, 0.6) is 5.75 Å². The van der Waals surface area contributed by atoms with E-state index in [9.17, 15) is 0 Å². The van der Waals surface area contributed by atoms with Crippen LogP contribution >= 0.6 is 0 Å². The van der Waals surface area contributed by atoms with Crippen LogP contribution in [0.2, 0.25) is 13.1 Å². The summed E-state index contributed by atoms with van der Waals surface area (Å²) in [5, 5.41) is 0. The summed E-state index contributed by atoms with van der Waals surface area (Å²) in [5.74, 6) is 0.864. The van der Waals surface area contributed by atoms with Gasteiger partial charge in [0.05, 0.1) is 6.26 Å². The van der Waals surface area contributed by atoms with Crippen molar-refractivity contribution in [3.05, 3.63) is 75.9 Å². The summed E-state index contributed by atoms with van der Waals surface area (Å²) in [5.41, 5.74) is 4.29. The summed E-state index contributed by atoms with van der Waals surface area (Å²) >= 11 is 0.302. The molecule has 3 heteroatoms. The van der Waals surface area contributed by atoms with Crippen LogP contribution in [0.3, 0.4) is 0 Å². The first-order valence-corrected chi connectivity index (χ1v) is 16.9. The molecule has 2 rings (SSSR count). The van der Waals surface area contributed by atoms with E-state index in [0.29, 0.717) is 23.8 Å². The average Bonchev–Trinajstić information content (AvgIpc) is 3.03. The maximum absolute atomic E-state index is 5.63. The van der Waals surface area contributed by atoms with E-state index in [4.69, 9.17) is 4.74 Å².